The second-order valence-electron chi connectivity index (χ2n) is 7.60. The molecular formula is C27H24ClNO3. The van der Waals surface area contributed by atoms with Crippen LogP contribution in [0.2, 0.25) is 0 Å². The molecule has 0 N–H and O–H groups in total. The van der Waals surface area contributed by atoms with E-state index < -0.39 is 0 Å². The maximum Gasteiger partial charge on any atom is 0.187 e. The van der Waals surface area contributed by atoms with Gasteiger partial charge in [-0.2, -0.15) is 0 Å². The van der Waals surface area contributed by atoms with Crippen LogP contribution in [-0.4, -0.2) is 31.8 Å². The number of nitrogens with zero attached hydrogens (tertiary/aromatic N) is 1. The number of hydrogen-bond donors (Lipinski definition) is 0. The van der Waals surface area contributed by atoms with E-state index in [1.807, 2.05) is 67.6 Å². The van der Waals surface area contributed by atoms with Crippen LogP contribution in [-0.2, 0) is 4.79 Å². The molecule has 0 unspecified atom stereocenters. The highest BCUT2D eigenvalue weighted by molar-refractivity contribution is 6.33. The van der Waals surface area contributed by atoms with Crippen molar-refractivity contribution < 1.29 is 14.3 Å². The number of dihydropyridines is 1. The number of ketones is 1. The van der Waals surface area contributed by atoms with Crippen molar-refractivity contribution in [1.82, 2.24) is 0 Å². The Labute approximate surface area is 193 Å². The standard InChI is InChI=1S/C27H24ClNO3/c1-17-26(24(30)14-10-18-9-12-21(31-2)16-25(18)32-3)27(19-7-5-4-6-8-19)22-15-20(28)11-13-23(22)29-17/h4-16,22-23H,1-3H3/b14-10-/t22-,23-/m1/s1. The minimum atomic E-state index is -0.111. The first kappa shape index (κ1) is 21.8. The fourth-order valence-electron chi connectivity index (χ4n) is 4.13. The van der Waals surface area contributed by atoms with Gasteiger partial charge in [0.15, 0.2) is 5.78 Å². The lowest BCUT2D eigenvalue weighted by atomic mass is 9.77. The molecule has 0 aromatic heterocycles. The Morgan fingerprint density at radius 1 is 1.09 bits per heavy atom. The van der Waals surface area contributed by atoms with E-state index in [1.54, 1.807) is 32.4 Å². The average molecular weight is 446 g/mol. The van der Waals surface area contributed by atoms with Gasteiger partial charge in [0.05, 0.1) is 20.3 Å². The summed E-state index contributed by atoms with van der Waals surface area (Å²) in [4.78, 5) is 18.3. The normalized spacial score (nSPS) is 20.0. The smallest absolute Gasteiger partial charge is 0.187 e. The van der Waals surface area contributed by atoms with Gasteiger partial charge in [-0.05, 0) is 48.4 Å². The monoisotopic (exact) mass is 445 g/mol. The predicted molar refractivity (Wildman–Crippen MR) is 130 cm³/mol. The lowest BCUT2D eigenvalue weighted by Gasteiger charge is -2.31. The number of carbonyl (C=O) groups excluding carboxylic acids is 1. The van der Waals surface area contributed by atoms with Crippen LogP contribution < -0.4 is 9.47 Å². The molecule has 0 fully saturated rings. The van der Waals surface area contributed by atoms with Crippen LogP contribution in [0.3, 0.4) is 0 Å². The average Bonchev–Trinajstić information content (AvgIpc) is 2.82. The molecule has 0 bridgehead atoms. The maximum atomic E-state index is 13.5. The van der Waals surface area contributed by atoms with Crippen LogP contribution in [0.4, 0.5) is 0 Å². The molecule has 4 nitrogen and oxygen atoms in total. The van der Waals surface area contributed by atoms with Crippen molar-refractivity contribution in [2.75, 3.05) is 14.2 Å². The molecule has 1 heterocycles. The second-order valence-corrected chi connectivity index (χ2v) is 8.04. The molecule has 32 heavy (non-hydrogen) atoms. The Kier molecular flexibility index (Phi) is 6.42. The summed E-state index contributed by atoms with van der Waals surface area (Å²) in [5.74, 6) is 1.11. The molecule has 2 atom stereocenters. The Bertz CT molecular complexity index is 1190. The summed E-state index contributed by atoms with van der Waals surface area (Å²) in [6, 6.07) is 15.4. The summed E-state index contributed by atoms with van der Waals surface area (Å²) in [5, 5.41) is 0.653. The van der Waals surface area contributed by atoms with E-state index in [-0.39, 0.29) is 17.7 Å². The molecule has 2 aromatic rings. The van der Waals surface area contributed by atoms with Crippen LogP contribution in [0.1, 0.15) is 18.1 Å². The lowest BCUT2D eigenvalue weighted by Crippen LogP contribution is -2.29. The van der Waals surface area contributed by atoms with E-state index >= 15 is 0 Å². The Morgan fingerprint density at radius 2 is 1.88 bits per heavy atom. The molecule has 0 saturated carbocycles. The molecule has 162 valence electrons. The Hall–Kier alpha value is -3.37. The summed E-state index contributed by atoms with van der Waals surface area (Å²) in [5.41, 5.74) is 4.05. The molecule has 4 rings (SSSR count). The van der Waals surface area contributed by atoms with E-state index in [2.05, 4.69) is 0 Å². The van der Waals surface area contributed by atoms with Crippen molar-refractivity contribution in [2.45, 2.75) is 13.0 Å². The molecular weight excluding hydrogens is 422 g/mol. The second kappa shape index (κ2) is 9.41. The number of carbonyl (C=O) groups is 1. The summed E-state index contributed by atoms with van der Waals surface area (Å²) >= 11 is 6.33. The van der Waals surface area contributed by atoms with Gasteiger partial charge in [-0.25, -0.2) is 0 Å². The number of methoxy groups -OCH3 is 2. The van der Waals surface area contributed by atoms with Gasteiger partial charge in [0.2, 0.25) is 0 Å². The van der Waals surface area contributed by atoms with Crippen LogP contribution in [0, 0.1) is 5.92 Å². The molecule has 0 spiro atoms. The van der Waals surface area contributed by atoms with Crippen molar-refractivity contribution in [3.8, 4) is 11.5 Å². The summed E-state index contributed by atoms with van der Waals surface area (Å²) < 4.78 is 10.7. The maximum absolute atomic E-state index is 13.5. The molecule has 0 radical (unpaired) electrons. The zero-order valence-corrected chi connectivity index (χ0v) is 19.0. The Morgan fingerprint density at radius 3 is 2.59 bits per heavy atom. The summed E-state index contributed by atoms with van der Waals surface area (Å²) in [7, 11) is 3.19. The molecule has 0 amide bonds. The van der Waals surface area contributed by atoms with Gasteiger partial charge in [-0.3, -0.25) is 9.79 Å². The van der Waals surface area contributed by atoms with E-state index in [0.717, 1.165) is 22.4 Å². The number of hydrogen-bond acceptors (Lipinski definition) is 4. The van der Waals surface area contributed by atoms with Crippen molar-refractivity contribution in [1.29, 1.82) is 0 Å². The zero-order chi connectivity index (χ0) is 22.7. The fraction of sp³-hybridized carbons (Fsp3) is 0.185. The van der Waals surface area contributed by atoms with Crippen molar-refractivity contribution in [2.24, 2.45) is 10.9 Å². The van der Waals surface area contributed by atoms with Gasteiger partial charge in [-0.15, -0.1) is 0 Å². The summed E-state index contributed by atoms with van der Waals surface area (Å²) in [6.45, 7) is 1.89. The lowest BCUT2D eigenvalue weighted by molar-refractivity contribution is -0.110. The third kappa shape index (κ3) is 4.32. The van der Waals surface area contributed by atoms with Gasteiger partial charge < -0.3 is 9.47 Å². The first-order valence-corrected chi connectivity index (χ1v) is 10.7. The SMILES string of the molecule is COc1ccc(/C=C\C(=O)C2=C(c3ccccc3)[C@@H]3C=C(Cl)C=C[C@H]3N=C2C)c(OC)c1. The fourth-order valence-corrected chi connectivity index (χ4v) is 4.34. The number of ether oxygens (including phenoxy) is 2. The number of aliphatic imine (C=N–C) groups is 1. The van der Waals surface area contributed by atoms with Crippen molar-refractivity contribution in [3.63, 3.8) is 0 Å². The highest BCUT2D eigenvalue weighted by Crippen LogP contribution is 2.40. The zero-order valence-electron chi connectivity index (χ0n) is 18.2. The van der Waals surface area contributed by atoms with Gasteiger partial charge >= 0.3 is 0 Å². The van der Waals surface area contributed by atoms with Gasteiger partial charge in [0.1, 0.15) is 11.5 Å². The van der Waals surface area contributed by atoms with Gasteiger partial charge in [-0.1, -0.05) is 54.1 Å². The molecule has 0 saturated heterocycles. The minimum absolute atomic E-state index is 0.0742. The van der Waals surface area contributed by atoms with E-state index in [4.69, 9.17) is 26.1 Å². The minimum Gasteiger partial charge on any atom is -0.497 e. The van der Waals surface area contributed by atoms with Crippen molar-refractivity contribution in [3.05, 3.63) is 94.6 Å². The topological polar surface area (TPSA) is 47.9 Å². The number of fused-ring (bicyclic) bond motifs is 1. The van der Waals surface area contributed by atoms with Crippen LogP contribution >= 0.6 is 11.6 Å². The quantitative estimate of drug-likeness (QED) is 0.521. The number of benzene rings is 2. The van der Waals surface area contributed by atoms with E-state index in [0.29, 0.717) is 22.1 Å². The molecule has 2 aromatic carbocycles. The van der Waals surface area contributed by atoms with Gasteiger partial charge in [0, 0.05) is 33.9 Å². The number of allylic oxidation sites excluding steroid dienone is 4. The predicted octanol–water partition coefficient (Wildman–Crippen LogP) is 5.89. The molecule has 2 aliphatic rings. The van der Waals surface area contributed by atoms with Crippen LogP contribution in [0.5, 0.6) is 11.5 Å². The van der Waals surface area contributed by atoms with E-state index in [1.165, 1.54) is 0 Å². The van der Waals surface area contributed by atoms with Crippen LogP contribution in [0.15, 0.2) is 88.4 Å². The molecule has 5 heteroatoms. The first-order valence-electron chi connectivity index (χ1n) is 10.4. The third-order valence-electron chi connectivity index (χ3n) is 5.65. The highest BCUT2D eigenvalue weighted by Gasteiger charge is 2.33. The number of rotatable bonds is 6. The summed E-state index contributed by atoms with van der Waals surface area (Å²) in [6.07, 6.45) is 9.18. The third-order valence-corrected chi connectivity index (χ3v) is 5.90. The van der Waals surface area contributed by atoms with Crippen molar-refractivity contribution >= 4 is 34.7 Å². The van der Waals surface area contributed by atoms with Crippen LogP contribution in [0.25, 0.3) is 11.6 Å². The first-order chi connectivity index (χ1) is 15.5. The van der Waals surface area contributed by atoms with Gasteiger partial charge in [0.25, 0.3) is 0 Å². The molecule has 1 aliphatic heterocycles. The highest BCUT2D eigenvalue weighted by atomic mass is 35.5. The van der Waals surface area contributed by atoms with E-state index in [9.17, 15) is 4.79 Å². The number of halogens is 1. The largest absolute Gasteiger partial charge is 0.497 e. The Balaban J connectivity index is 1.78. The molecule has 1 aliphatic carbocycles.